The third-order valence-corrected chi connectivity index (χ3v) is 7.76. The number of aromatic nitrogens is 2. The Morgan fingerprint density at radius 1 is 0.528 bits per heavy atom. The average Bonchev–Trinajstić information content (AvgIpc) is 3.45. The molecule has 2 aromatic heterocycles. The number of hydrogen-bond donors (Lipinski definition) is 0. The van der Waals surface area contributed by atoms with Crippen LogP contribution in [0.3, 0.4) is 0 Å². The fourth-order valence-corrected chi connectivity index (χ4v) is 5.85. The van der Waals surface area contributed by atoms with Gasteiger partial charge in [0.1, 0.15) is 0 Å². The third-order valence-electron chi connectivity index (χ3n) is 7.76. The van der Waals surface area contributed by atoms with E-state index in [1.165, 1.54) is 60.4 Å². The minimum atomic E-state index is 0.457. The number of rotatable bonds is 4. The molecular formula is C34H28N2. The Hall–Kier alpha value is -4.30. The number of nitrogens with zero attached hydrogens (tertiary/aromatic N) is 2. The summed E-state index contributed by atoms with van der Waals surface area (Å²) in [6.45, 7) is 4.58. The Kier molecular flexibility index (Phi) is 4.75. The molecule has 7 rings (SSSR count). The first-order valence-electron chi connectivity index (χ1n) is 12.9. The van der Waals surface area contributed by atoms with E-state index in [1.807, 2.05) is 0 Å². The van der Waals surface area contributed by atoms with E-state index in [0.717, 1.165) is 6.42 Å². The van der Waals surface area contributed by atoms with Crippen LogP contribution < -0.4 is 0 Å². The van der Waals surface area contributed by atoms with Gasteiger partial charge < -0.3 is 9.13 Å². The van der Waals surface area contributed by atoms with Crippen LogP contribution in [0, 0.1) is 0 Å². The highest BCUT2D eigenvalue weighted by Gasteiger charge is 2.16. The summed E-state index contributed by atoms with van der Waals surface area (Å²) in [7, 11) is 0. The summed E-state index contributed by atoms with van der Waals surface area (Å²) in [5.74, 6) is 0. The zero-order chi connectivity index (χ0) is 24.2. The van der Waals surface area contributed by atoms with Crippen LogP contribution in [0.25, 0.3) is 60.4 Å². The van der Waals surface area contributed by atoms with Gasteiger partial charge in [0.2, 0.25) is 0 Å². The second-order valence-electron chi connectivity index (χ2n) is 9.80. The van der Waals surface area contributed by atoms with Crippen molar-refractivity contribution < 1.29 is 0 Å². The van der Waals surface area contributed by atoms with Gasteiger partial charge in [-0.25, -0.2) is 0 Å². The van der Waals surface area contributed by atoms with Gasteiger partial charge in [-0.3, -0.25) is 0 Å². The van der Waals surface area contributed by atoms with Crippen LogP contribution in [-0.4, -0.2) is 9.13 Å². The quantitative estimate of drug-likeness (QED) is 0.245. The molecule has 2 heteroatoms. The van der Waals surface area contributed by atoms with Gasteiger partial charge in [0, 0.05) is 44.3 Å². The van der Waals surface area contributed by atoms with Gasteiger partial charge in [-0.2, -0.15) is 0 Å². The van der Waals surface area contributed by atoms with Crippen molar-refractivity contribution in [2.45, 2.75) is 26.3 Å². The van der Waals surface area contributed by atoms with Crippen molar-refractivity contribution in [2.75, 3.05) is 0 Å². The SMILES string of the molecule is CCC(C)n1c2ccccc2c2cc(-c3ccc4c(c3)c3ccccc3n4-c3ccccc3)ccc21. The molecule has 0 fully saturated rings. The van der Waals surface area contributed by atoms with Crippen molar-refractivity contribution in [1.82, 2.24) is 9.13 Å². The van der Waals surface area contributed by atoms with E-state index < -0.39 is 0 Å². The highest BCUT2D eigenvalue weighted by molar-refractivity contribution is 6.12. The van der Waals surface area contributed by atoms with Crippen molar-refractivity contribution in [3.05, 3.63) is 115 Å². The van der Waals surface area contributed by atoms with E-state index in [0.29, 0.717) is 6.04 Å². The predicted molar refractivity (Wildman–Crippen MR) is 154 cm³/mol. The summed E-state index contributed by atoms with van der Waals surface area (Å²) >= 11 is 0. The molecule has 0 radical (unpaired) electrons. The Bertz CT molecular complexity index is 1890. The fourth-order valence-electron chi connectivity index (χ4n) is 5.85. The molecular weight excluding hydrogens is 436 g/mol. The molecule has 0 aliphatic heterocycles. The van der Waals surface area contributed by atoms with Crippen LogP contribution in [0.2, 0.25) is 0 Å². The van der Waals surface area contributed by atoms with E-state index in [-0.39, 0.29) is 0 Å². The van der Waals surface area contributed by atoms with Crippen molar-refractivity contribution in [2.24, 2.45) is 0 Å². The molecule has 2 nitrogen and oxygen atoms in total. The van der Waals surface area contributed by atoms with Crippen molar-refractivity contribution >= 4 is 43.6 Å². The van der Waals surface area contributed by atoms with Crippen LogP contribution >= 0.6 is 0 Å². The van der Waals surface area contributed by atoms with Crippen LogP contribution in [0.4, 0.5) is 0 Å². The van der Waals surface area contributed by atoms with E-state index in [2.05, 4.69) is 138 Å². The highest BCUT2D eigenvalue weighted by Crippen LogP contribution is 2.38. The Morgan fingerprint density at radius 3 is 1.72 bits per heavy atom. The molecule has 36 heavy (non-hydrogen) atoms. The van der Waals surface area contributed by atoms with Crippen molar-refractivity contribution in [3.8, 4) is 16.8 Å². The second-order valence-corrected chi connectivity index (χ2v) is 9.80. The first-order valence-corrected chi connectivity index (χ1v) is 12.9. The summed E-state index contributed by atoms with van der Waals surface area (Å²) in [5.41, 5.74) is 8.81. The van der Waals surface area contributed by atoms with Crippen molar-refractivity contribution in [3.63, 3.8) is 0 Å². The van der Waals surface area contributed by atoms with E-state index in [4.69, 9.17) is 0 Å². The maximum absolute atomic E-state index is 2.51. The van der Waals surface area contributed by atoms with Crippen LogP contribution in [0.15, 0.2) is 115 Å². The molecule has 0 N–H and O–H groups in total. The lowest BCUT2D eigenvalue weighted by atomic mass is 10.0. The molecule has 0 amide bonds. The molecule has 7 aromatic rings. The van der Waals surface area contributed by atoms with Gasteiger partial charge in [0.05, 0.1) is 11.0 Å². The topological polar surface area (TPSA) is 9.86 Å². The predicted octanol–water partition coefficient (Wildman–Crippen LogP) is 9.53. The Balaban J connectivity index is 1.47. The monoisotopic (exact) mass is 464 g/mol. The van der Waals surface area contributed by atoms with Crippen molar-refractivity contribution in [1.29, 1.82) is 0 Å². The number of benzene rings is 5. The highest BCUT2D eigenvalue weighted by atomic mass is 15.0. The fraction of sp³-hybridized carbons (Fsp3) is 0.118. The summed E-state index contributed by atoms with van der Waals surface area (Å²) < 4.78 is 4.88. The molecule has 2 heterocycles. The third kappa shape index (κ3) is 3.04. The number of para-hydroxylation sites is 3. The molecule has 174 valence electrons. The standard InChI is InChI=1S/C34H28N2/c1-3-23(2)35-31-15-9-7-13-27(31)29-21-24(17-19-33(29)35)25-18-20-34-30(22-25)28-14-8-10-16-32(28)36(34)26-11-5-4-6-12-26/h4-23H,3H2,1-2H3. The molecule has 1 unspecified atom stereocenters. The Labute approximate surface area is 211 Å². The minimum absolute atomic E-state index is 0.457. The molecule has 1 atom stereocenters. The first kappa shape index (κ1) is 21.0. The van der Waals surface area contributed by atoms with E-state index >= 15 is 0 Å². The zero-order valence-corrected chi connectivity index (χ0v) is 20.6. The Morgan fingerprint density at radius 2 is 1.03 bits per heavy atom. The molecule has 0 saturated carbocycles. The van der Waals surface area contributed by atoms with E-state index in [1.54, 1.807) is 0 Å². The molecule has 0 saturated heterocycles. The molecule has 0 aliphatic carbocycles. The maximum Gasteiger partial charge on any atom is 0.0541 e. The van der Waals surface area contributed by atoms with Gasteiger partial charge in [-0.15, -0.1) is 0 Å². The smallest absolute Gasteiger partial charge is 0.0541 e. The van der Waals surface area contributed by atoms with Gasteiger partial charge in [0.25, 0.3) is 0 Å². The molecule has 0 bridgehead atoms. The van der Waals surface area contributed by atoms with Crippen LogP contribution in [0.1, 0.15) is 26.3 Å². The zero-order valence-electron chi connectivity index (χ0n) is 20.6. The van der Waals surface area contributed by atoms with Gasteiger partial charge >= 0.3 is 0 Å². The van der Waals surface area contributed by atoms with Gasteiger partial charge in [-0.1, -0.05) is 73.7 Å². The lowest BCUT2D eigenvalue weighted by molar-refractivity contribution is 0.563. The number of fused-ring (bicyclic) bond motifs is 6. The molecule has 0 aliphatic rings. The largest absolute Gasteiger partial charge is 0.338 e. The minimum Gasteiger partial charge on any atom is -0.338 e. The lowest BCUT2D eigenvalue weighted by Crippen LogP contribution is -2.02. The van der Waals surface area contributed by atoms with Crippen LogP contribution in [-0.2, 0) is 0 Å². The maximum atomic E-state index is 2.51. The van der Waals surface area contributed by atoms with Crippen LogP contribution in [0.5, 0.6) is 0 Å². The summed E-state index contributed by atoms with van der Waals surface area (Å²) in [6, 6.07) is 42.6. The normalized spacial score (nSPS) is 12.7. The average molecular weight is 465 g/mol. The summed E-state index contributed by atoms with van der Waals surface area (Å²) in [4.78, 5) is 0. The molecule has 5 aromatic carbocycles. The van der Waals surface area contributed by atoms with E-state index in [9.17, 15) is 0 Å². The second kappa shape index (κ2) is 8.13. The summed E-state index contributed by atoms with van der Waals surface area (Å²) in [6.07, 6.45) is 1.11. The number of hydrogen-bond acceptors (Lipinski definition) is 0. The lowest BCUT2D eigenvalue weighted by Gasteiger charge is -2.15. The molecule has 0 spiro atoms. The summed E-state index contributed by atoms with van der Waals surface area (Å²) in [5, 5.41) is 5.23. The van der Waals surface area contributed by atoms with Gasteiger partial charge in [-0.05, 0) is 73.0 Å². The first-order chi connectivity index (χ1) is 17.7. The van der Waals surface area contributed by atoms with Gasteiger partial charge in [0.15, 0.2) is 0 Å².